The summed E-state index contributed by atoms with van der Waals surface area (Å²) in [5.41, 5.74) is 5.30. The summed E-state index contributed by atoms with van der Waals surface area (Å²) in [7, 11) is 0. The van der Waals surface area contributed by atoms with Gasteiger partial charge >= 0.3 is 0 Å². The summed E-state index contributed by atoms with van der Waals surface area (Å²) in [6.07, 6.45) is 7.46. The van der Waals surface area contributed by atoms with Crippen LogP contribution in [0.4, 0.5) is 17.2 Å². The van der Waals surface area contributed by atoms with Crippen molar-refractivity contribution < 1.29 is 0 Å². The van der Waals surface area contributed by atoms with Gasteiger partial charge in [-0.1, -0.05) is 0 Å². The number of rotatable bonds is 3. The van der Waals surface area contributed by atoms with E-state index in [9.17, 15) is 4.79 Å². The molecule has 0 unspecified atom stereocenters. The van der Waals surface area contributed by atoms with Crippen LogP contribution in [0.5, 0.6) is 0 Å². The topological polar surface area (TPSA) is 101 Å². The minimum absolute atomic E-state index is 0.187. The SMILES string of the molecule is Cc1cc2nccc(=O)n2nc1N1CCc2ncc(Nc3ccnnc3)cc2C1. The molecule has 4 aromatic rings. The predicted molar refractivity (Wildman–Crippen MR) is 108 cm³/mol. The molecule has 0 bridgehead atoms. The minimum Gasteiger partial charge on any atom is -0.353 e. The van der Waals surface area contributed by atoms with Crippen molar-refractivity contribution in [3.63, 3.8) is 0 Å². The van der Waals surface area contributed by atoms with Gasteiger partial charge in [0, 0.05) is 37.5 Å². The molecule has 0 radical (unpaired) electrons. The van der Waals surface area contributed by atoms with E-state index in [4.69, 9.17) is 0 Å². The van der Waals surface area contributed by atoms with Crippen LogP contribution in [0.25, 0.3) is 5.65 Å². The van der Waals surface area contributed by atoms with E-state index in [1.807, 2.05) is 25.3 Å². The van der Waals surface area contributed by atoms with Crippen LogP contribution in [0, 0.1) is 6.92 Å². The molecule has 1 N–H and O–H groups in total. The number of pyridine rings is 1. The average molecular weight is 386 g/mol. The molecule has 4 aromatic heterocycles. The molecule has 0 fully saturated rings. The predicted octanol–water partition coefficient (Wildman–Crippen LogP) is 1.89. The summed E-state index contributed by atoms with van der Waals surface area (Å²) >= 11 is 0. The Morgan fingerprint density at radius 1 is 1.03 bits per heavy atom. The maximum atomic E-state index is 12.2. The fraction of sp³-hybridized carbons (Fsp3) is 0.200. The van der Waals surface area contributed by atoms with Gasteiger partial charge < -0.3 is 10.2 Å². The molecule has 1 aliphatic heterocycles. The fourth-order valence-electron chi connectivity index (χ4n) is 3.57. The van der Waals surface area contributed by atoms with Crippen LogP contribution < -0.4 is 15.8 Å². The van der Waals surface area contributed by atoms with E-state index in [0.717, 1.165) is 47.0 Å². The fourth-order valence-corrected chi connectivity index (χ4v) is 3.57. The monoisotopic (exact) mass is 386 g/mol. The lowest BCUT2D eigenvalue weighted by Gasteiger charge is -2.30. The zero-order chi connectivity index (χ0) is 19.8. The molecular formula is C20H18N8O. The molecule has 29 heavy (non-hydrogen) atoms. The summed E-state index contributed by atoms with van der Waals surface area (Å²) in [5.74, 6) is 0.787. The van der Waals surface area contributed by atoms with Gasteiger partial charge in [-0.2, -0.15) is 14.7 Å². The lowest BCUT2D eigenvalue weighted by atomic mass is 10.0. The van der Waals surface area contributed by atoms with Crippen LogP contribution in [0.1, 0.15) is 16.8 Å². The number of anilines is 3. The summed E-state index contributed by atoms with van der Waals surface area (Å²) in [6, 6.07) is 7.26. The summed E-state index contributed by atoms with van der Waals surface area (Å²) in [6.45, 7) is 3.44. The van der Waals surface area contributed by atoms with Gasteiger partial charge in [-0.05, 0) is 36.2 Å². The average Bonchev–Trinajstić information content (AvgIpc) is 2.74. The molecular weight excluding hydrogens is 368 g/mol. The first-order chi connectivity index (χ1) is 14.2. The third-order valence-corrected chi connectivity index (χ3v) is 4.95. The molecule has 0 atom stereocenters. The van der Waals surface area contributed by atoms with Gasteiger partial charge in [0.05, 0.1) is 30.0 Å². The normalized spacial score (nSPS) is 13.3. The van der Waals surface area contributed by atoms with Crippen molar-refractivity contribution in [3.8, 4) is 0 Å². The molecule has 0 spiro atoms. The Balaban J connectivity index is 1.47. The van der Waals surface area contributed by atoms with Gasteiger partial charge in [0.2, 0.25) is 0 Å². The maximum Gasteiger partial charge on any atom is 0.274 e. The first-order valence-corrected chi connectivity index (χ1v) is 9.29. The quantitative estimate of drug-likeness (QED) is 0.570. The Morgan fingerprint density at radius 3 is 2.83 bits per heavy atom. The molecule has 5 heterocycles. The highest BCUT2D eigenvalue weighted by Gasteiger charge is 2.21. The van der Waals surface area contributed by atoms with Gasteiger partial charge in [-0.25, -0.2) is 4.98 Å². The van der Waals surface area contributed by atoms with E-state index >= 15 is 0 Å². The van der Waals surface area contributed by atoms with Crippen LogP contribution in [0.2, 0.25) is 0 Å². The first kappa shape index (κ1) is 17.2. The van der Waals surface area contributed by atoms with Gasteiger partial charge in [0.15, 0.2) is 11.5 Å². The Morgan fingerprint density at radius 2 is 1.97 bits per heavy atom. The van der Waals surface area contributed by atoms with E-state index in [0.29, 0.717) is 12.2 Å². The highest BCUT2D eigenvalue weighted by atomic mass is 16.1. The van der Waals surface area contributed by atoms with Crippen molar-refractivity contribution in [1.29, 1.82) is 0 Å². The van der Waals surface area contributed by atoms with Crippen LogP contribution in [0.15, 0.2) is 53.8 Å². The van der Waals surface area contributed by atoms with Crippen LogP contribution in [-0.4, -0.2) is 36.3 Å². The minimum atomic E-state index is -0.187. The molecule has 0 saturated heterocycles. The number of hydrogen-bond donors (Lipinski definition) is 1. The van der Waals surface area contributed by atoms with E-state index in [1.165, 1.54) is 16.8 Å². The van der Waals surface area contributed by atoms with Crippen molar-refractivity contribution in [1.82, 2.24) is 29.8 Å². The van der Waals surface area contributed by atoms with E-state index < -0.39 is 0 Å². The molecule has 5 rings (SSSR count). The number of nitrogens with one attached hydrogen (secondary N) is 1. The third-order valence-electron chi connectivity index (χ3n) is 4.95. The number of aromatic nitrogens is 6. The standard InChI is InChI=1S/C20H18N8O/c1-13-8-18-21-5-3-19(29)28(18)26-20(13)27-7-4-17-14(12-27)9-16(10-22-17)25-15-2-6-23-24-11-15/h2-3,5-6,8-11H,4,7,12H2,1H3,(H,23,25). The second kappa shape index (κ2) is 6.93. The Hall–Kier alpha value is -3.88. The second-order valence-corrected chi connectivity index (χ2v) is 6.96. The third kappa shape index (κ3) is 3.27. The smallest absolute Gasteiger partial charge is 0.274 e. The molecule has 9 nitrogen and oxygen atoms in total. The number of fused-ring (bicyclic) bond motifs is 2. The van der Waals surface area contributed by atoms with Crippen LogP contribution >= 0.6 is 0 Å². The van der Waals surface area contributed by atoms with Gasteiger partial charge in [0.25, 0.3) is 5.56 Å². The molecule has 0 saturated carbocycles. The van der Waals surface area contributed by atoms with Crippen molar-refractivity contribution in [2.24, 2.45) is 0 Å². The van der Waals surface area contributed by atoms with E-state index in [1.54, 1.807) is 12.4 Å². The summed E-state index contributed by atoms with van der Waals surface area (Å²) in [4.78, 5) is 23.2. The zero-order valence-electron chi connectivity index (χ0n) is 15.8. The molecule has 0 amide bonds. The van der Waals surface area contributed by atoms with Crippen molar-refractivity contribution in [2.75, 3.05) is 16.8 Å². The van der Waals surface area contributed by atoms with E-state index in [-0.39, 0.29) is 5.56 Å². The van der Waals surface area contributed by atoms with Gasteiger partial charge in [-0.15, -0.1) is 5.10 Å². The van der Waals surface area contributed by atoms with Crippen LogP contribution in [0.3, 0.4) is 0 Å². The van der Waals surface area contributed by atoms with Crippen LogP contribution in [-0.2, 0) is 13.0 Å². The van der Waals surface area contributed by atoms with Gasteiger partial charge in [-0.3, -0.25) is 9.78 Å². The van der Waals surface area contributed by atoms with E-state index in [2.05, 4.69) is 41.5 Å². The maximum absolute atomic E-state index is 12.2. The Labute approximate surface area is 166 Å². The second-order valence-electron chi connectivity index (χ2n) is 6.96. The molecule has 1 aliphatic rings. The molecule has 144 valence electrons. The van der Waals surface area contributed by atoms with Crippen molar-refractivity contribution >= 4 is 22.8 Å². The number of aryl methyl sites for hydroxylation is 1. The van der Waals surface area contributed by atoms with Crippen molar-refractivity contribution in [2.45, 2.75) is 19.9 Å². The summed E-state index contributed by atoms with van der Waals surface area (Å²) in [5, 5.41) is 15.5. The lowest BCUT2D eigenvalue weighted by Crippen LogP contribution is -2.33. The highest BCUT2D eigenvalue weighted by Crippen LogP contribution is 2.27. The molecule has 0 aliphatic carbocycles. The zero-order valence-corrected chi connectivity index (χ0v) is 15.8. The molecule has 9 heteroatoms. The molecule has 0 aromatic carbocycles. The highest BCUT2D eigenvalue weighted by molar-refractivity contribution is 5.60. The first-order valence-electron chi connectivity index (χ1n) is 9.29. The Kier molecular flexibility index (Phi) is 4.12. The number of nitrogens with zero attached hydrogens (tertiary/aromatic N) is 7. The lowest BCUT2D eigenvalue weighted by molar-refractivity contribution is 0.686. The Bertz CT molecular complexity index is 1250. The van der Waals surface area contributed by atoms with Gasteiger partial charge in [0.1, 0.15) is 0 Å². The van der Waals surface area contributed by atoms with Crippen molar-refractivity contribution in [3.05, 3.63) is 76.2 Å². The largest absolute Gasteiger partial charge is 0.353 e. The number of hydrogen-bond acceptors (Lipinski definition) is 8. The summed E-state index contributed by atoms with van der Waals surface area (Å²) < 4.78 is 1.35.